The monoisotopic (exact) mass is 229 g/mol. The molecule has 1 aromatic rings. The maximum absolute atomic E-state index is 5.44. The average molecular weight is 230 g/mol. The van der Waals surface area contributed by atoms with E-state index in [4.69, 9.17) is 10.5 Å². The van der Waals surface area contributed by atoms with Crippen molar-refractivity contribution in [2.24, 2.45) is 0 Å². The van der Waals surface area contributed by atoms with E-state index in [1.54, 1.807) is 12.1 Å². The van der Waals surface area contributed by atoms with Gasteiger partial charge in [0.05, 0.1) is 0 Å². The molecule has 12 heavy (non-hydrogen) atoms. The van der Waals surface area contributed by atoms with Gasteiger partial charge in [-0.1, -0.05) is 12.7 Å². The van der Waals surface area contributed by atoms with Crippen molar-refractivity contribution in [3.05, 3.63) is 23.3 Å². The average Bonchev–Trinajstić information content (AvgIpc) is 1.99. The second kappa shape index (κ2) is 4.06. The van der Waals surface area contributed by atoms with Gasteiger partial charge in [-0.25, -0.2) is 0 Å². The molecular weight excluding hydrogens is 222 g/mol. The number of rotatable bonds is 3. The molecule has 0 spiro atoms. The minimum absolute atomic E-state index is 0.252. The van der Waals surface area contributed by atoms with Crippen LogP contribution in [0.1, 0.15) is 0 Å². The van der Waals surface area contributed by atoms with Gasteiger partial charge in [-0.3, -0.25) is 0 Å². The Morgan fingerprint density at radius 2 is 2.42 bits per heavy atom. The van der Waals surface area contributed by atoms with Crippen LogP contribution in [0.25, 0.3) is 0 Å². The van der Waals surface area contributed by atoms with Crippen LogP contribution in [-0.4, -0.2) is 16.6 Å². The SMILES string of the molecule is C=CCOc1nc(N)cc(Br)n1. The third kappa shape index (κ3) is 2.50. The highest BCUT2D eigenvalue weighted by molar-refractivity contribution is 9.10. The zero-order chi connectivity index (χ0) is 8.97. The van der Waals surface area contributed by atoms with Crippen molar-refractivity contribution in [3.63, 3.8) is 0 Å². The molecule has 0 saturated heterocycles. The van der Waals surface area contributed by atoms with E-state index in [9.17, 15) is 0 Å². The van der Waals surface area contributed by atoms with Crippen molar-refractivity contribution >= 4 is 21.7 Å². The van der Waals surface area contributed by atoms with Crippen LogP contribution >= 0.6 is 15.9 Å². The lowest BCUT2D eigenvalue weighted by Gasteiger charge is -2.01. The summed E-state index contributed by atoms with van der Waals surface area (Å²) in [6.45, 7) is 3.87. The number of nitrogens with two attached hydrogens (primary N) is 1. The van der Waals surface area contributed by atoms with E-state index >= 15 is 0 Å². The normalized spacial score (nSPS) is 9.42. The van der Waals surface area contributed by atoms with Gasteiger partial charge in [0.25, 0.3) is 0 Å². The molecule has 1 aromatic heterocycles. The molecule has 0 atom stereocenters. The van der Waals surface area contributed by atoms with E-state index in [1.165, 1.54) is 0 Å². The number of anilines is 1. The van der Waals surface area contributed by atoms with Crippen molar-refractivity contribution in [1.29, 1.82) is 0 Å². The van der Waals surface area contributed by atoms with Gasteiger partial charge in [-0.2, -0.15) is 9.97 Å². The summed E-state index contributed by atoms with van der Waals surface area (Å²) >= 11 is 3.17. The molecule has 4 nitrogen and oxygen atoms in total. The van der Waals surface area contributed by atoms with E-state index in [0.717, 1.165) is 0 Å². The summed E-state index contributed by atoms with van der Waals surface area (Å²) in [7, 11) is 0. The quantitative estimate of drug-likeness (QED) is 0.629. The molecule has 0 aliphatic carbocycles. The zero-order valence-electron chi connectivity index (χ0n) is 6.33. The van der Waals surface area contributed by atoms with Crippen LogP contribution in [0.3, 0.4) is 0 Å². The first-order valence-corrected chi connectivity index (χ1v) is 4.05. The molecule has 1 rings (SSSR count). The topological polar surface area (TPSA) is 61.0 Å². The van der Waals surface area contributed by atoms with Gasteiger partial charge < -0.3 is 10.5 Å². The van der Waals surface area contributed by atoms with Crippen molar-refractivity contribution < 1.29 is 4.74 Å². The van der Waals surface area contributed by atoms with Gasteiger partial charge in [0.15, 0.2) is 0 Å². The largest absolute Gasteiger partial charge is 0.459 e. The van der Waals surface area contributed by atoms with Gasteiger partial charge in [-0.05, 0) is 15.9 Å². The van der Waals surface area contributed by atoms with E-state index in [-0.39, 0.29) is 6.01 Å². The molecule has 0 aliphatic heterocycles. The Hall–Kier alpha value is -1.10. The molecule has 0 aromatic carbocycles. The first kappa shape index (κ1) is 8.99. The Morgan fingerprint density at radius 1 is 1.67 bits per heavy atom. The lowest BCUT2D eigenvalue weighted by molar-refractivity contribution is 0.333. The Morgan fingerprint density at radius 3 is 3.00 bits per heavy atom. The van der Waals surface area contributed by atoms with E-state index in [0.29, 0.717) is 17.0 Å². The van der Waals surface area contributed by atoms with Gasteiger partial charge in [0.2, 0.25) is 0 Å². The summed E-state index contributed by atoms with van der Waals surface area (Å²) < 4.78 is 5.67. The van der Waals surface area contributed by atoms with Crippen LogP contribution in [0, 0.1) is 0 Å². The maximum Gasteiger partial charge on any atom is 0.319 e. The summed E-state index contributed by atoms with van der Waals surface area (Å²) in [5, 5.41) is 0. The zero-order valence-corrected chi connectivity index (χ0v) is 7.91. The highest BCUT2D eigenvalue weighted by atomic mass is 79.9. The second-order valence-corrected chi connectivity index (χ2v) is 2.81. The summed E-state index contributed by atoms with van der Waals surface area (Å²) in [5.41, 5.74) is 5.44. The molecule has 0 bridgehead atoms. The number of nitrogen functional groups attached to an aromatic ring is 1. The minimum atomic E-state index is 0.252. The Kier molecular flexibility index (Phi) is 3.04. The summed E-state index contributed by atoms with van der Waals surface area (Å²) in [5.74, 6) is 0.371. The number of hydrogen-bond donors (Lipinski definition) is 1. The fourth-order valence-corrected chi connectivity index (χ4v) is 0.998. The van der Waals surface area contributed by atoms with Gasteiger partial charge in [0.1, 0.15) is 17.0 Å². The Balaban J connectivity index is 2.78. The van der Waals surface area contributed by atoms with Gasteiger partial charge in [0, 0.05) is 6.07 Å². The van der Waals surface area contributed by atoms with Crippen molar-refractivity contribution in [3.8, 4) is 6.01 Å². The third-order valence-electron chi connectivity index (χ3n) is 1.02. The molecule has 0 unspecified atom stereocenters. The number of aromatic nitrogens is 2. The number of hydrogen-bond acceptors (Lipinski definition) is 4. The maximum atomic E-state index is 5.44. The molecule has 2 N–H and O–H groups in total. The minimum Gasteiger partial charge on any atom is -0.459 e. The molecule has 64 valence electrons. The molecule has 5 heteroatoms. The Labute approximate surface area is 78.6 Å². The number of halogens is 1. The summed E-state index contributed by atoms with van der Waals surface area (Å²) in [6, 6.07) is 1.85. The first-order valence-electron chi connectivity index (χ1n) is 3.26. The molecular formula is C7H8BrN3O. The van der Waals surface area contributed by atoms with Crippen LogP contribution in [0.5, 0.6) is 6.01 Å². The molecule has 0 saturated carbocycles. The standard InChI is InChI=1S/C7H8BrN3O/c1-2-3-12-7-10-5(8)4-6(9)11-7/h2,4H,1,3H2,(H2,9,10,11). The lowest BCUT2D eigenvalue weighted by Crippen LogP contribution is -2.00. The third-order valence-corrected chi connectivity index (χ3v) is 1.43. The van der Waals surface area contributed by atoms with Crippen LogP contribution in [0.4, 0.5) is 5.82 Å². The first-order chi connectivity index (χ1) is 5.72. The smallest absolute Gasteiger partial charge is 0.319 e. The van der Waals surface area contributed by atoms with Crippen LogP contribution < -0.4 is 10.5 Å². The van der Waals surface area contributed by atoms with Crippen LogP contribution in [-0.2, 0) is 0 Å². The van der Waals surface area contributed by atoms with Crippen LogP contribution in [0.15, 0.2) is 23.3 Å². The van der Waals surface area contributed by atoms with Crippen molar-refractivity contribution in [2.45, 2.75) is 0 Å². The predicted molar refractivity (Wildman–Crippen MR) is 49.8 cm³/mol. The lowest BCUT2D eigenvalue weighted by atomic mass is 10.6. The molecule has 0 radical (unpaired) electrons. The number of nitrogens with zero attached hydrogens (tertiary/aromatic N) is 2. The van der Waals surface area contributed by atoms with Crippen molar-refractivity contribution in [1.82, 2.24) is 9.97 Å². The van der Waals surface area contributed by atoms with E-state index in [2.05, 4.69) is 32.5 Å². The fourth-order valence-electron chi connectivity index (χ4n) is 0.611. The predicted octanol–water partition coefficient (Wildman–Crippen LogP) is 1.39. The Bertz CT molecular complexity index is 270. The molecule has 1 heterocycles. The van der Waals surface area contributed by atoms with Crippen molar-refractivity contribution in [2.75, 3.05) is 12.3 Å². The summed E-state index contributed by atoms with van der Waals surface area (Å²) in [6.07, 6.45) is 1.61. The van der Waals surface area contributed by atoms with E-state index < -0.39 is 0 Å². The number of ether oxygens (including phenoxy) is 1. The fraction of sp³-hybridized carbons (Fsp3) is 0.143. The van der Waals surface area contributed by atoms with Gasteiger partial charge >= 0.3 is 6.01 Å². The van der Waals surface area contributed by atoms with Crippen LogP contribution in [0.2, 0.25) is 0 Å². The summed E-state index contributed by atoms with van der Waals surface area (Å²) in [4.78, 5) is 7.77. The van der Waals surface area contributed by atoms with E-state index in [1.807, 2.05) is 0 Å². The molecule has 0 fully saturated rings. The van der Waals surface area contributed by atoms with Gasteiger partial charge in [-0.15, -0.1) is 0 Å². The second-order valence-electron chi connectivity index (χ2n) is 2.00. The molecule has 0 amide bonds. The highest BCUT2D eigenvalue weighted by Gasteiger charge is 1.99. The molecule has 0 aliphatic rings. The highest BCUT2D eigenvalue weighted by Crippen LogP contribution is 2.13.